The summed E-state index contributed by atoms with van der Waals surface area (Å²) in [6.07, 6.45) is 8.58. The lowest BCUT2D eigenvalue weighted by Crippen LogP contribution is -2.48. The van der Waals surface area contributed by atoms with E-state index in [1.54, 1.807) is 0 Å². The minimum Gasteiger partial charge on any atom is -0.624 e. The van der Waals surface area contributed by atoms with E-state index in [2.05, 4.69) is 208 Å². The molecule has 11 rings (SSSR count). The van der Waals surface area contributed by atoms with Crippen molar-refractivity contribution in [1.82, 2.24) is 19.8 Å². The Hall–Kier alpha value is -6.50. The third-order valence-electron chi connectivity index (χ3n) is 11.5. The molecule has 0 bridgehead atoms. The number of hydrogen-bond donors (Lipinski definition) is 2. The first kappa shape index (κ1) is 32.9. The van der Waals surface area contributed by atoms with E-state index in [9.17, 15) is 0 Å². The highest BCUT2D eigenvalue weighted by Gasteiger charge is 2.24. The lowest BCUT2D eigenvalue weighted by molar-refractivity contribution is 0.333. The van der Waals surface area contributed by atoms with Crippen LogP contribution in [0.5, 0.6) is 0 Å². The second-order valence-corrected chi connectivity index (χ2v) is 14.9. The van der Waals surface area contributed by atoms with Gasteiger partial charge in [0.2, 0.25) is 0 Å². The molecule has 5 nitrogen and oxygen atoms in total. The van der Waals surface area contributed by atoms with Crippen molar-refractivity contribution in [2.75, 3.05) is 0 Å². The SMILES string of the molecule is C1=CC(C2[N-]C(c3ccccc3)NC(c3cccc(-n4c5ccccc5c5cc6c7ccccc7n(-c7cccc(-c8ccccc8)c7)c6cc54)c3)N2)=CCC1. The Morgan fingerprint density at radius 2 is 1.04 bits per heavy atom. The monoisotopic (exact) mass is 722 g/mol. The van der Waals surface area contributed by atoms with Crippen molar-refractivity contribution in [3.63, 3.8) is 0 Å². The molecule has 3 heterocycles. The summed E-state index contributed by atoms with van der Waals surface area (Å²) in [5.74, 6) is 0. The number of para-hydroxylation sites is 2. The predicted molar refractivity (Wildman–Crippen MR) is 232 cm³/mol. The van der Waals surface area contributed by atoms with Gasteiger partial charge in [-0.05, 0) is 78.1 Å². The maximum absolute atomic E-state index is 5.26. The van der Waals surface area contributed by atoms with E-state index in [-0.39, 0.29) is 18.5 Å². The van der Waals surface area contributed by atoms with Crippen LogP contribution in [0.3, 0.4) is 0 Å². The van der Waals surface area contributed by atoms with Crippen LogP contribution >= 0.6 is 0 Å². The van der Waals surface area contributed by atoms with Gasteiger partial charge in [0.05, 0.1) is 28.2 Å². The minimum atomic E-state index is -0.142. The largest absolute Gasteiger partial charge is 0.624 e. The molecule has 0 saturated carbocycles. The van der Waals surface area contributed by atoms with Crippen molar-refractivity contribution >= 4 is 43.6 Å². The molecule has 1 aliphatic heterocycles. The average molecular weight is 723 g/mol. The standard InChI is InChI=1S/C51H40N5/c1-4-16-34(17-5-1)37-22-14-24-39(30-37)55-45-28-12-10-26-41(45)43-32-44-42-27-11-13-29-46(42)56(48(44)33-47(43)55)40-25-15-23-38(31-40)51-53-49(35-18-6-2-7-19-35)52-50(54-51)36-20-8-3-9-21-36/h1-2,4-8,10-33,49-51,53-54H,3,9H2/q-1. The van der Waals surface area contributed by atoms with Crippen LogP contribution in [0.2, 0.25) is 0 Å². The number of benzene rings is 7. The molecule has 0 spiro atoms. The van der Waals surface area contributed by atoms with Gasteiger partial charge in [0.25, 0.3) is 0 Å². The topological polar surface area (TPSA) is 48.0 Å². The molecule has 1 fully saturated rings. The molecule has 270 valence electrons. The average Bonchev–Trinajstić information content (AvgIpc) is 3.78. The number of nitrogens with one attached hydrogen (secondary N) is 2. The molecule has 0 radical (unpaired) electrons. The lowest BCUT2D eigenvalue weighted by Gasteiger charge is -2.51. The Morgan fingerprint density at radius 3 is 1.73 bits per heavy atom. The zero-order valence-electron chi connectivity index (χ0n) is 30.9. The van der Waals surface area contributed by atoms with Crippen LogP contribution in [0.15, 0.2) is 194 Å². The second-order valence-electron chi connectivity index (χ2n) is 14.9. The lowest BCUT2D eigenvalue weighted by atomic mass is 10.0. The van der Waals surface area contributed by atoms with Crippen molar-refractivity contribution in [3.05, 3.63) is 210 Å². The molecule has 2 N–H and O–H groups in total. The van der Waals surface area contributed by atoms with Crippen LogP contribution < -0.4 is 10.6 Å². The summed E-state index contributed by atoms with van der Waals surface area (Å²) in [4.78, 5) is 0. The fourth-order valence-electron chi connectivity index (χ4n) is 8.91. The second kappa shape index (κ2) is 13.7. The highest BCUT2D eigenvalue weighted by molar-refractivity contribution is 6.19. The fourth-order valence-corrected chi connectivity index (χ4v) is 8.91. The molecule has 2 aromatic heterocycles. The molecule has 5 heteroatoms. The van der Waals surface area contributed by atoms with E-state index in [0.29, 0.717) is 0 Å². The van der Waals surface area contributed by atoms with Gasteiger partial charge in [-0.1, -0.05) is 163 Å². The molecule has 0 amide bonds. The minimum absolute atomic E-state index is 0.113. The highest BCUT2D eigenvalue weighted by Crippen LogP contribution is 2.41. The van der Waals surface area contributed by atoms with Crippen molar-refractivity contribution in [2.24, 2.45) is 0 Å². The normalized spacial score (nSPS) is 18.6. The van der Waals surface area contributed by atoms with Gasteiger partial charge in [-0.3, -0.25) is 0 Å². The number of allylic oxidation sites excluding steroid dienone is 2. The van der Waals surface area contributed by atoms with Crippen LogP contribution in [-0.2, 0) is 0 Å². The summed E-state index contributed by atoms with van der Waals surface area (Å²) >= 11 is 0. The van der Waals surface area contributed by atoms with Crippen LogP contribution in [0, 0.1) is 0 Å². The van der Waals surface area contributed by atoms with Gasteiger partial charge in [-0.25, -0.2) is 0 Å². The van der Waals surface area contributed by atoms with E-state index < -0.39 is 0 Å². The first-order chi connectivity index (χ1) is 27.8. The Bertz CT molecular complexity index is 2970. The third-order valence-corrected chi connectivity index (χ3v) is 11.5. The first-order valence-electron chi connectivity index (χ1n) is 19.6. The Kier molecular flexibility index (Phi) is 8.02. The molecule has 7 aromatic carbocycles. The maximum atomic E-state index is 5.26. The zero-order valence-corrected chi connectivity index (χ0v) is 30.9. The van der Waals surface area contributed by atoms with Crippen molar-refractivity contribution in [3.8, 4) is 22.5 Å². The smallest absolute Gasteiger partial charge is 0.0815 e. The molecule has 3 unspecified atom stereocenters. The molecule has 9 aromatic rings. The molecule has 1 aliphatic carbocycles. The highest BCUT2D eigenvalue weighted by atomic mass is 15.4. The van der Waals surface area contributed by atoms with Crippen LogP contribution in [0.4, 0.5) is 0 Å². The molecule has 1 saturated heterocycles. The van der Waals surface area contributed by atoms with Crippen molar-refractivity contribution in [1.29, 1.82) is 0 Å². The molecule has 3 atom stereocenters. The molecule has 56 heavy (non-hydrogen) atoms. The summed E-state index contributed by atoms with van der Waals surface area (Å²) in [5, 5.41) is 17.9. The van der Waals surface area contributed by atoms with Gasteiger partial charge in [0, 0.05) is 32.9 Å². The van der Waals surface area contributed by atoms with E-state index in [1.165, 1.54) is 65.9 Å². The Balaban J connectivity index is 1.08. The quantitative estimate of drug-likeness (QED) is 0.179. The Morgan fingerprint density at radius 1 is 0.446 bits per heavy atom. The number of nitrogens with zero attached hydrogens (tertiary/aromatic N) is 3. The van der Waals surface area contributed by atoms with E-state index >= 15 is 0 Å². The molecular formula is C51H40N5-. The number of aromatic nitrogens is 2. The van der Waals surface area contributed by atoms with Crippen molar-refractivity contribution < 1.29 is 0 Å². The summed E-state index contributed by atoms with van der Waals surface area (Å²) in [7, 11) is 0. The number of fused-ring (bicyclic) bond motifs is 6. The number of rotatable bonds is 6. The molecular weight excluding hydrogens is 683 g/mol. The van der Waals surface area contributed by atoms with E-state index in [0.717, 1.165) is 29.8 Å². The van der Waals surface area contributed by atoms with E-state index in [4.69, 9.17) is 5.32 Å². The molecule has 2 aliphatic rings. The van der Waals surface area contributed by atoms with Gasteiger partial charge in [0.1, 0.15) is 0 Å². The van der Waals surface area contributed by atoms with Gasteiger partial charge in [0.15, 0.2) is 0 Å². The van der Waals surface area contributed by atoms with Crippen LogP contribution in [0.1, 0.15) is 36.3 Å². The summed E-state index contributed by atoms with van der Waals surface area (Å²) in [6.45, 7) is 0. The van der Waals surface area contributed by atoms with E-state index in [1.807, 2.05) is 0 Å². The van der Waals surface area contributed by atoms with Gasteiger partial charge < -0.3 is 25.1 Å². The Labute approximate surface area is 326 Å². The van der Waals surface area contributed by atoms with Gasteiger partial charge >= 0.3 is 0 Å². The predicted octanol–water partition coefficient (Wildman–Crippen LogP) is 12.4. The third kappa shape index (κ3) is 5.59. The first-order valence-corrected chi connectivity index (χ1v) is 19.6. The summed E-state index contributed by atoms with van der Waals surface area (Å²) < 4.78 is 4.88. The van der Waals surface area contributed by atoms with Crippen molar-refractivity contribution in [2.45, 2.75) is 31.3 Å². The van der Waals surface area contributed by atoms with Crippen LogP contribution in [0.25, 0.3) is 71.4 Å². The zero-order chi connectivity index (χ0) is 37.0. The van der Waals surface area contributed by atoms with Gasteiger partial charge in [-0.15, -0.1) is 0 Å². The fraction of sp³-hybridized carbons (Fsp3) is 0.0980. The summed E-state index contributed by atoms with van der Waals surface area (Å²) in [5.41, 5.74) is 13.0. The summed E-state index contributed by atoms with van der Waals surface area (Å²) in [6, 6.07) is 61.6. The number of hydrogen-bond acceptors (Lipinski definition) is 2. The van der Waals surface area contributed by atoms with Crippen LogP contribution in [-0.4, -0.2) is 15.3 Å². The van der Waals surface area contributed by atoms with Gasteiger partial charge in [-0.2, -0.15) is 0 Å². The maximum Gasteiger partial charge on any atom is 0.0815 e.